The molecule has 0 aromatic heterocycles. The maximum absolute atomic E-state index is 13.8. The first-order valence-corrected chi connectivity index (χ1v) is 12.5. The number of fused-ring (bicyclic) bond motifs is 1. The summed E-state index contributed by atoms with van der Waals surface area (Å²) in [6.07, 6.45) is 12.9. The van der Waals surface area contributed by atoms with Gasteiger partial charge in [0.1, 0.15) is 12.4 Å². The van der Waals surface area contributed by atoms with Gasteiger partial charge in [-0.05, 0) is 59.7 Å². The molecule has 1 aliphatic heterocycles. The van der Waals surface area contributed by atoms with Gasteiger partial charge in [0.15, 0.2) is 5.17 Å². The van der Waals surface area contributed by atoms with Crippen LogP contribution in [0.3, 0.4) is 0 Å². The number of carbonyl (C=O) groups excluding carboxylic acids is 1. The Morgan fingerprint density at radius 3 is 2.59 bits per heavy atom. The lowest BCUT2D eigenvalue weighted by Crippen LogP contribution is -2.40. The molecule has 5 rings (SSSR count). The molecule has 0 bridgehead atoms. The SMILES string of the molecule is C#CCOc1ccc2ccccc2c1/C=C1\SC(=Nc2ccccc2)N(C2CCCCC2)C1=O. The first-order chi connectivity index (χ1) is 16.7. The second-order valence-corrected chi connectivity index (χ2v) is 9.51. The molecule has 1 saturated carbocycles. The summed E-state index contributed by atoms with van der Waals surface area (Å²) in [5.41, 5.74) is 1.72. The summed E-state index contributed by atoms with van der Waals surface area (Å²) in [6.45, 7) is 0.171. The van der Waals surface area contributed by atoms with Gasteiger partial charge in [-0.2, -0.15) is 0 Å². The van der Waals surface area contributed by atoms with E-state index in [2.05, 4.69) is 12.0 Å². The third-order valence-electron chi connectivity index (χ3n) is 6.27. The van der Waals surface area contributed by atoms with E-state index in [-0.39, 0.29) is 18.6 Å². The van der Waals surface area contributed by atoms with Crippen molar-refractivity contribution in [2.24, 2.45) is 4.99 Å². The lowest BCUT2D eigenvalue weighted by molar-refractivity contribution is -0.124. The fourth-order valence-electron chi connectivity index (χ4n) is 4.64. The van der Waals surface area contributed by atoms with E-state index >= 15 is 0 Å². The average Bonchev–Trinajstić information content (AvgIpc) is 3.18. The minimum absolute atomic E-state index is 0.0161. The van der Waals surface area contributed by atoms with Crippen molar-refractivity contribution in [1.82, 2.24) is 4.90 Å². The van der Waals surface area contributed by atoms with Crippen LogP contribution in [0.1, 0.15) is 37.7 Å². The number of aliphatic imine (C=N–C) groups is 1. The number of thioether (sulfide) groups is 1. The number of hydrogen-bond donors (Lipinski definition) is 0. The molecule has 1 saturated heterocycles. The van der Waals surface area contributed by atoms with Crippen LogP contribution in [0, 0.1) is 12.3 Å². The lowest BCUT2D eigenvalue weighted by Gasteiger charge is -2.30. The van der Waals surface area contributed by atoms with Crippen LogP contribution in [-0.2, 0) is 4.79 Å². The Bertz CT molecular complexity index is 1300. The maximum Gasteiger partial charge on any atom is 0.267 e. The Morgan fingerprint density at radius 2 is 1.79 bits per heavy atom. The zero-order chi connectivity index (χ0) is 23.3. The molecule has 170 valence electrons. The molecule has 0 unspecified atom stereocenters. The van der Waals surface area contributed by atoms with E-state index in [0.29, 0.717) is 10.7 Å². The molecule has 0 atom stereocenters. The molecule has 0 radical (unpaired) electrons. The number of amidine groups is 1. The zero-order valence-corrected chi connectivity index (χ0v) is 19.8. The number of ether oxygens (including phenoxy) is 1. The van der Waals surface area contributed by atoms with Gasteiger partial charge in [0, 0.05) is 11.6 Å². The minimum Gasteiger partial charge on any atom is -0.480 e. The third-order valence-corrected chi connectivity index (χ3v) is 7.26. The molecule has 1 amide bonds. The Labute approximate surface area is 204 Å². The van der Waals surface area contributed by atoms with Gasteiger partial charge >= 0.3 is 0 Å². The van der Waals surface area contributed by atoms with Gasteiger partial charge < -0.3 is 4.74 Å². The Hall–Kier alpha value is -3.49. The molecular formula is C29H26N2O2S. The van der Waals surface area contributed by atoms with E-state index in [9.17, 15) is 4.79 Å². The maximum atomic E-state index is 13.8. The van der Waals surface area contributed by atoms with Gasteiger partial charge in [0.2, 0.25) is 0 Å². The van der Waals surface area contributed by atoms with Crippen molar-refractivity contribution < 1.29 is 9.53 Å². The summed E-state index contributed by atoms with van der Waals surface area (Å²) >= 11 is 1.44. The van der Waals surface area contributed by atoms with Crippen LogP contribution in [0.5, 0.6) is 5.75 Å². The van der Waals surface area contributed by atoms with E-state index in [4.69, 9.17) is 16.2 Å². The molecule has 2 aliphatic rings. The molecule has 0 N–H and O–H groups in total. The predicted octanol–water partition coefficient (Wildman–Crippen LogP) is 6.79. The number of nitrogens with zero attached hydrogens (tertiary/aromatic N) is 2. The normalized spacial score (nSPS) is 19.1. The molecule has 3 aromatic carbocycles. The van der Waals surface area contributed by atoms with Crippen molar-refractivity contribution in [3.63, 3.8) is 0 Å². The highest BCUT2D eigenvalue weighted by molar-refractivity contribution is 8.18. The van der Waals surface area contributed by atoms with Crippen LogP contribution in [0.25, 0.3) is 16.8 Å². The first-order valence-electron chi connectivity index (χ1n) is 11.7. The predicted molar refractivity (Wildman–Crippen MR) is 141 cm³/mol. The molecule has 34 heavy (non-hydrogen) atoms. The van der Waals surface area contributed by atoms with Crippen LogP contribution in [0.4, 0.5) is 5.69 Å². The van der Waals surface area contributed by atoms with Crippen molar-refractivity contribution in [2.45, 2.75) is 38.1 Å². The Balaban J connectivity index is 1.59. The number of benzene rings is 3. The fraction of sp³-hybridized carbons (Fsp3) is 0.241. The Kier molecular flexibility index (Phi) is 6.69. The van der Waals surface area contributed by atoms with E-state index in [1.54, 1.807) is 0 Å². The zero-order valence-electron chi connectivity index (χ0n) is 18.9. The third kappa shape index (κ3) is 4.60. The van der Waals surface area contributed by atoms with E-state index in [1.165, 1.54) is 18.2 Å². The smallest absolute Gasteiger partial charge is 0.267 e. The molecule has 4 nitrogen and oxygen atoms in total. The van der Waals surface area contributed by atoms with E-state index < -0.39 is 0 Å². The van der Waals surface area contributed by atoms with Crippen molar-refractivity contribution in [1.29, 1.82) is 0 Å². The number of terminal acetylenes is 1. The van der Waals surface area contributed by atoms with Gasteiger partial charge in [-0.1, -0.05) is 73.7 Å². The largest absolute Gasteiger partial charge is 0.480 e. The van der Waals surface area contributed by atoms with Crippen LogP contribution in [0.2, 0.25) is 0 Å². The van der Waals surface area contributed by atoms with Gasteiger partial charge in [0.25, 0.3) is 5.91 Å². The number of carbonyl (C=O) groups is 1. The van der Waals surface area contributed by atoms with Crippen LogP contribution < -0.4 is 4.74 Å². The highest BCUT2D eigenvalue weighted by Crippen LogP contribution is 2.40. The molecule has 0 spiro atoms. The molecular weight excluding hydrogens is 440 g/mol. The molecule has 1 heterocycles. The number of para-hydroxylation sites is 1. The molecule has 2 fully saturated rings. The standard InChI is InChI=1S/C29H26N2O2S/c1-2-19-33-26-18-17-21-11-9-10-16-24(21)25(26)20-27-28(32)31(23-14-7-4-8-15-23)29(34-27)30-22-12-5-3-6-13-22/h1,3,5-6,9-13,16-18,20,23H,4,7-8,14-15,19H2/b27-20-,30-29?. The molecule has 3 aromatic rings. The van der Waals surface area contributed by atoms with Gasteiger partial charge in [-0.15, -0.1) is 6.42 Å². The van der Waals surface area contributed by atoms with Crippen molar-refractivity contribution in [3.8, 4) is 18.1 Å². The second-order valence-electron chi connectivity index (χ2n) is 8.50. The summed E-state index contributed by atoms with van der Waals surface area (Å²) in [5.74, 6) is 3.23. The van der Waals surface area contributed by atoms with Gasteiger partial charge in [-0.3, -0.25) is 9.69 Å². The fourth-order valence-corrected chi connectivity index (χ4v) is 5.68. The number of rotatable bonds is 5. The van der Waals surface area contributed by atoms with E-state index in [1.807, 2.05) is 71.6 Å². The van der Waals surface area contributed by atoms with Gasteiger partial charge in [0.05, 0.1) is 10.6 Å². The summed E-state index contributed by atoms with van der Waals surface area (Å²) in [7, 11) is 0. The van der Waals surface area contributed by atoms with Gasteiger partial charge in [-0.25, -0.2) is 4.99 Å². The summed E-state index contributed by atoms with van der Waals surface area (Å²) in [5, 5.41) is 2.86. The van der Waals surface area contributed by atoms with Crippen molar-refractivity contribution >= 4 is 45.4 Å². The average molecular weight is 467 g/mol. The highest BCUT2D eigenvalue weighted by atomic mass is 32.2. The Morgan fingerprint density at radius 1 is 1.03 bits per heavy atom. The molecule has 1 aliphatic carbocycles. The number of amides is 1. The van der Waals surface area contributed by atoms with Crippen molar-refractivity contribution in [3.05, 3.63) is 77.2 Å². The van der Waals surface area contributed by atoms with Crippen LogP contribution >= 0.6 is 11.8 Å². The topological polar surface area (TPSA) is 41.9 Å². The van der Waals surface area contributed by atoms with Crippen molar-refractivity contribution in [2.75, 3.05) is 6.61 Å². The lowest BCUT2D eigenvalue weighted by atomic mass is 9.94. The number of hydrogen-bond acceptors (Lipinski definition) is 4. The van der Waals surface area contributed by atoms with E-state index in [0.717, 1.165) is 52.9 Å². The summed E-state index contributed by atoms with van der Waals surface area (Å²) in [4.78, 5) is 21.2. The highest BCUT2D eigenvalue weighted by Gasteiger charge is 2.38. The minimum atomic E-state index is 0.0161. The monoisotopic (exact) mass is 466 g/mol. The summed E-state index contributed by atoms with van der Waals surface area (Å²) in [6, 6.07) is 22.1. The molecule has 5 heteroatoms. The van der Waals surface area contributed by atoms with Crippen LogP contribution in [-0.4, -0.2) is 28.6 Å². The quantitative estimate of drug-likeness (QED) is 0.307. The van der Waals surface area contributed by atoms with Crippen LogP contribution in [0.15, 0.2) is 76.6 Å². The summed E-state index contributed by atoms with van der Waals surface area (Å²) < 4.78 is 5.86. The first kappa shape index (κ1) is 22.3. The second kappa shape index (κ2) is 10.2.